The molecule has 2 nitrogen and oxygen atoms in total. The number of phenols is 1. The van der Waals surface area contributed by atoms with Gasteiger partial charge in [-0.25, -0.2) is 0 Å². The predicted octanol–water partition coefficient (Wildman–Crippen LogP) is 2.09. The van der Waals surface area contributed by atoms with E-state index in [1.54, 1.807) is 30.0 Å². The van der Waals surface area contributed by atoms with Gasteiger partial charge in [0.2, 0.25) is 0 Å². The molecule has 3 N–H and O–H groups in total. The average Bonchev–Trinajstić information content (AvgIpc) is 1.98. The van der Waals surface area contributed by atoms with Gasteiger partial charge in [0.15, 0.2) is 0 Å². The average molecular weight is 169 g/mol. The first kappa shape index (κ1) is 8.27. The summed E-state index contributed by atoms with van der Waals surface area (Å²) in [6.45, 7) is 2.05. The largest absolute Gasteiger partial charge is 0.508 e. The van der Waals surface area contributed by atoms with Crippen LogP contribution in [-0.4, -0.2) is 10.9 Å². The number of thioether (sulfide) groups is 1. The molecule has 0 unspecified atom stereocenters. The molecule has 0 bridgehead atoms. The first-order valence-electron chi connectivity index (χ1n) is 3.45. The van der Waals surface area contributed by atoms with Crippen LogP contribution >= 0.6 is 11.8 Å². The second kappa shape index (κ2) is 3.53. The third-order valence-electron chi connectivity index (χ3n) is 1.30. The molecule has 1 aromatic carbocycles. The SMILES string of the molecule is CCSc1cc(O)ccc1N. The summed E-state index contributed by atoms with van der Waals surface area (Å²) in [7, 11) is 0. The Bertz CT molecular complexity index is 250. The molecule has 0 fully saturated rings. The van der Waals surface area contributed by atoms with Gasteiger partial charge in [0, 0.05) is 10.6 Å². The third-order valence-corrected chi connectivity index (χ3v) is 2.25. The van der Waals surface area contributed by atoms with E-state index in [-0.39, 0.29) is 5.75 Å². The number of nitrogen functional groups attached to an aromatic ring is 1. The molecule has 0 atom stereocenters. The molecule has 0 spiro atoms. The van der Waals surface area contributed by atoms with Crippen LogP contribution in [-0.2, 0) is 0 Å². The Balaban J connectivity index is 2.93. The van der Waals surface area contributed by atoms with Crippen molar-refractivity contribution in [2.45, 2.75) is 11.8 Å². The lowest BCUT2D eigenvalue weighted by molar-refractivity contribution is 0.474. The quantitative estimate of drug-likeness (QED) is 0.405. The molecule has 3 heteroatoms. The lowest BCUT2D eigenvalue weighted by atomic mass is 10.3. The van der Waals surface area contributed by atoms with E-state index < -0.39 is 0 Å². The van der Waals surface area contributed by atoms with E-state index in [4.69, 9.17) is 10.8 Å². The minimum absolute atomic E-state index is 0.273. The molecule has 0 saturated carbocycles. The fraction of sp³-hybridized carbons (Fsp3) is 0.250. The maximum absolute atomic E-state index is 9.10. The smallest absolute Gasteiger partial charge is 0.116 e. The standard InChI is InChI=1S/C8H11NOS/c1-2-11-8-5-6(10)3-4-7(8)9/h3-5,10H,2,9H2,1H3. The topological polar surface area (TPSA) is 46.2 Å². The van der Waals surface area contributed by atoms with Crippen LogP contribution in [0.25, 0.3) is 0 Å². The molecule has 60 valence electrons. The maximum Gasteiger partial charge on any atom is 0.116 e. The zero-order valence-corrected chi connectivity index (χ0v) is 7.19. The van der Waals surface area contributed by atoms with Crippen molar-refractivity contribution in [2.75, 3.05) is 11.5 Å². The van der Waals surface area contributed by atoms with Gasteiger partial charge in [0.1, 0.15) is 5.75 Å². The van der Waals surface area contributed by atoms with Gasteiger partial charge in [-0.05, 0) is 24.0 Å². The number of hydrogen-bond acceptors (Lipinski definition) is 3. The molecule has 0 aliphatic heterocycles. The number of anilines is 1. The molecular weight excluding hydrogens is 158 g/mol. The summed E-state index contributed by atoms with van der Waals surface area (Å²) < 4.78 is 0. The molecule has 0 heterocycles. The van der Waals surface area contributed by atoms with Crippen LogP contribution in [0.1, 0.15) is 6.92 Å². The molecule has 0 radical (unpaired) electrons. The van der Waals surface area contributed by atoms with Crippen LogP contribution in [0.4, 0.5) is 5.69 Å². The van der Waals surface area contributed by atoms with Gasteiger partial charge in [-0.2, -0.15) is 0 Å². The van der Waals surface area contributed by atoms with Crippen molar-refractivity contribution in [2.24, 2.45) is 0 Å². The Hall–Kier alpha value is -0.830. The highest BCUT2D eigenvalue weighted by Gasteiger charge is 1.98. The minimum atomic E-state index is 0.273. The van der Waals surface area contributed by atoms with E-state index in [1.807, 2.05) is 6.92 Å². The highest BCUT2D eigenvalue weighted by Crippen LogP contribution is 2.27. The van der Waals surface area contributed by atoms with Crippen molar-refractivity contribution in [3.63, 3.8) is 0 Å². The first-order valence-corrected chi connectivity index (χ1v) is 4.44. The lowest BCUT2D eigenvalue weighted by Crippen LogP contribution is -1.87. The van der Waals surface area contributed by atoms with Gasteiger partial charge >= 0.3 is 0 Å². The van der Waals surface area contributed by atoms with Gasteiger partial charge in [-0.15, -0.1) is 11.8 Å². The van der Waals surface area contributed by atoms with E-state index in [2.05, 4.69) is 0 Å². The molecule has 0 aliphatic rings. The number of nitrogens with two attached hydrogens (primary N) is 1. The first-order chi connectivity index (χ1) is 5.24. The second-order valence-corrected chi connectivity index (χ2v) is 3.46. The summed E-state index contributed by atoms with van der Waals surface area (Å²) in [5.41, 5.74) is 6.37. The van der Waals surface area contributed by atoms with Gasteiger partial charge in [-0.3, -0.25) is 0 Å². The molecule has 11 heavy (non-hydrogen) atoms. The number of rotatable bonds is 2. The summed E-state index contributed by atoms with van der Waals surface area (Å²) >= 11 is 1.63. The highest BCUT2D eigenvalue weighted by molar-refractivity contribution is 7.99. The minimum Gasteiger partial charge on any atom is -0.508 e. The Morgan fingerprint density at radius 3 is 2.91 bits per heavy atom. The van der Waals surface area contributed by atoms with Gasteiger partial charge in [0.05, 0.1) is 0 Å². The predicted molar refractivity (Wildman–Crippen MR) is 48.9 cm³/mol. The van der Waals surface area contributed by atoms with E-state index in [0.29, 0.717) is 0 Å². The van der Waals surface area contributed by atoms with Crippen molar-refractivity contribution < 1.29 is 5.11 Å². The second-order valence-electron chi connectivity index (χ2n) is 2.16. The van der Waals surface area contributed by atoms with Crippen LogP contribution in [0.5, 0.6) is 5.75 Å². The normalized spacial score (nSPS) is 9.91. The van der Waals surface area contributed by atoms with E-state index in [9.17, 15) is 0 Å². The highest BCUT2D eigenvalue weighted by atomic mass is 32.2. The monoisotopic (exact) mass is 169 g/mol. The Labute approximate surface area is 70.4 Å². The molecular formula is C8H11NOS. The number of phenolic OH excluding ortho intramolecular Hbond substituents is 1. The van der Waals surface area contributed by atoms with Crippen LogP contribution < -0.4 is 5.73 Å². The maximum atomic E-state index is 9.10. The molecule has 1 rings (SSSR count). The van der Waals surface area contributed by atoms with Gasteiger partial charge in [0.25, 0.3) is 0 Å². The molecule has 1 aromatic rings. The van der Waals surface area contributed by atoms with Crippen molar-refractivity contribution in [1.82, 2.24) is 0 Å². The van der Waals surface area contributed by atoms with E-state index in [0.717, 1.165) is 16.3 Å². The van der Waals surface area contributed by atoms with Crippen molar-refractivity contribution in [3.8, 4) is 5.75 Å². The van der Waals surface area contributed by atoms with E-state index in [1.165, 1.54) is 0 Å². The Kier molecular flexibility index (Phi) is 2.65. The Morgan fingerprint density at radius 1 is 1.55 bits per heavy atom. The number of hydrogen-bond donors (Lipinski definition) is 2. The van der Waals surface area contributed by atoms with Crippen LogP contribution in [0.15, 0.2) is 23.1 Å². The summed E-state index contributed by atoms with van der Waals surface area (Å²) in [6.07, 6.45) is 0. The molecule has 0 saturated heterocycles. The van der Waals surface area contributed by atoms with Gasteiger partial charge < -0.3 is 10.8 Å². The van der Waals surface area contributed by atoms with E-state index >= 15 is 0 Å². The fourth-order valence-corrected chi connectivity index (χ4v) is 1.55. The number of aromatic hydroxyl groups is 1. The van der Waals surface area contributed by atoms with Crippen molar-refractivity contribution in [3.05, 3.63) is 18.2 Å². The van der Waals surface area contributed by atoms with Gasteiger partial charge in [-0.1, -0.05) is 6.92 Å². The van der Waals surface area contributed by atoms with Crippen LogP contribution in [0.2, 0.25) is 0 Å². The summed E-state index contributed by atoms with van der Waals surface area (Å²) in [5.74, 6) is 1.24. The summed E-state index contributed by atoms with van der Waals surface area (Å²) in [6, 6.07) is 4.99. The zero-order valence-electron chi connectivity index (χ0n) is 6.37. The molecule has 0 aliphatic carbocycles. The van der Waals surface area contributed by atoms with Crippen molar-refractivity contribution >= 4 is 17.4 Å². The third kappa shape index (κ3) is 2.05. The molecule has 0 aromatic heterocycles. The van der Waals surface area contributed by atoms with Crippen LogP contribution in [0, 0.1) is 0 Å². The zero-order chi connectivity index (χ0) is 8.27. The fourth-order valence-electron chi connectivity index (χ4n) is 0.804. The molecule has 0 amide bonds. The van der Waals surface area contributed by atoms with Crippen LogP contribution in [0.3, 0.4) is 0 Å². The van der Waals surface area contributed by atoms with Crippen molar-refractivity contribution in [1.29, 1.82) is 0 Å². The number of benzene rings is 1. The Morgan fingerprint density at radius 2 is 2.27 bits per heavy atom. The summed E-state index contributed by atoms with van der Waals surface area (Å²) in [4.78, 5) is 0.951. The lowest BCUT2D eigenvalue weighted by Gasteiger charge is -2.02. The summed E-state index contributed by atoms with van der Waals surface area (Å²) in [5, 5.41) is 9.10.